The molecule has 25 heavy (non-hydrogen) atoms. The van der Waals surface area contributed by atoms with Crippen molar-refractivity contribution in [1.82, 2.24) is 5.32 Å². The molecule has 0 aromatic heterocycles. The Labute approximate surface area is 152 Å². The van der Waals surface area contributed by atoms with E-state index in [2.05, 4.69) is 16.3 Å². The molecule has 0 spiro atoms. The highest BCUT2D eigenvalue weighted by atomic mass is 35.5. The summed E-state index contributed by atoms with van der Waals surface area (Å²) in [5, 5.41) is 13.2. The lowest BCUT2D eigenvalue weighted by Gasteiger charge is -2.30. The van der Waals surface area contributed by atoms with Gasteiger partial charge < -0.3 is 20.1 Å². The highest BCUT2D eigenvalue weighted by Crippen LogP contribution is 2.25. The van der Waals surface area contributed by atoms with Crippen LogP contribution in [0, 0.1) is 0 Å². The van der Waals surface area contributed by atoms with Crippen molar-refractivity contribution >= 4 is 23.3 Å². The fraction of sp³-hybridized carbons (Fsp3) is 0.316. The number of nitrogens with one attached hydrogen (secondary N) is 1. The van der Waals surface area contributed by atoms with Gasteiger partial charge in [-0.3, -0.25) is 0 Å². The summed E-state index contributed by atoms with van der Waals surface area (Å²) < 4.78 is 5.42. The van der Waals surface area contributed by atoms with E-state index in [9.17, 15) is 4.79 Å². The fourth-order valence-electron chi connectivity index (χ4n) is 2.96. The van der Waals surface area contributed by atoms with Crippen molar-refractivity contribution < 1.29 is 14.6 Å². The summed E-state index contributed by atoms with van der Waals surface area (Å²) in [6, 6.07) is 12.9. The number of hydrogen-bond donors (Lipinski definition) is 2. The molecule has 1 aliphatic heterocycles. The van der Waals surface area contributed by atoms with Crippen molar-refractivity contribution in [3.05, 3.63) is 64.2 Å². The zero-order valence-corrected chi connectivity index (χ0v) is 14.6. The normalized spacial score (nSPS) is 14.5. The molecule has 1 aliphatic rings. The molecule has 2 aromatic rings. The van der Waals surface area contributed by atoms with Crippen LogP contribution in [-0.2, 0) is 17.8 Å². The zero-order valence-electron chi connectivity index (χ0n) is 13.9. The molecular weight excluding hydrogens is 340 g/mol. The molecule has 0 atom stereocenters. The van der Waals surface area contributed by atoms with Crippen molar-refractivity contribution in [2.45, 2.75) is 13.1 Å². The number of carboxylic acid groups (broad SMARTS) is 1. The lowest BCUT2D eigenvalue weighted by molar-refractivity contribution is 0.0696. The molecule has 0 bridgehead atoms. The van der Waals surface area contributed by atoms with Crippen LogP contribution in [0.2, 0.25) is 5.02 Å². The van der Waals surface area contributed by atoms with Crippen LogP contribution in [0.1, 0.15) is 21.5 Å². The summed E-state index contributed by atoms with van der Waals surface area (Å²) in [6.07, 6.45) is 0. The first-order valence-electron chi connectivity index (χ1n) is 8.27. The number of halogens is 1. The Morgan fingerprint density at radius 1 is 1.16 bits per heavy atom. The van der Waals surface area contributed by atoms with E-state index < -0.39 is 5.97 Å². The van der Waals surface area contributed by atoms with E-state index in [0.29, 0.717) is 23.7 Å². The van der Waals surface area contributed by atoms with Crippen LogP contribution in [0.4, 0.5) is 5.69 Å². The van der Waals surface area contributed by atoms with Crippen molar-refractivity contribution in [1.29, 1.82) is 0 Å². The number of nitrogens with zero attached hydrogens (tertiary/aromatic N) is 1. The van der Waals surface area contributed by atoms with E-state index >= 15 is 0 Å². The summed E-state index contributed by atoms with van der Waals surface area (Å²) in [5.41, 5.74) is 3.54. The van der Waals surface area contributed by atoms with Gasteiger partial charge in [0.1, 0.15) is 0 Å². The number of hydrogen-bond acceptors (Lipinski definition) is 4. The second-order valence-corrected chi connectivity index (χ2v) is 6.42. The minimum atomic E-state index is -0.911. The maximum atomic E-state index is 11.1. The summed E-state index contributed by atoms with van der Waals surface area (Å²) in [4.78, 5) is 13.4. The third kappa shape index (κ3) is 4.72. The van der Waals surface area contributed by atoms with Gasteiger partial charge in [-0.1, -0.05) is 23.7 Å². The van der Waals surface area contributed by atoms with Crippen molar-refractivity contribution in [2.75, 3.05) is 31.2 Å². The molecule has 0 unspecified atom stereocenters. The zero-order chi connectivity index (χ0) is 17.6. The van der Waals surface area contributed by atoms with E-state index in [1.54, 1.807) is 18.2 Å². The van der Waals surface area contributed by atoms with E-state index in [-0.39, 0.29) is 0 Å². The van der Waals surface area contributed by atoms with E-state index in [0.717, 1.165) is 37.4 Å². The molecular formula is C19H21ClN2O3. The summed E-state index contributed by atoms with van der Waals surface area (Å²) in [6.45, 7) is 4.46. The number of carbonyl (C=O) groups is 1. The topological polar surface area (TPSA) is 61.8 Å². The third-order valence-electron chi connectivity index (χ3n) is 4.21. The summed E-state index contributed by atoms with van der Waals surface area (Å²) in [5.74, 6) is -0.911. The second-order valence-electron chi connectivity index (χ2n) is 5.98. The van der Waals surface area contributed by atoms with Crippen molar-refractivity contribution in [3.63, 3.8) is 0 Å². The Balaban J connectivity index is 1.67. The number of carboxylic acids is 1. The number of benzene rings is 2. The maximum Gasteiger partial charge on any atom is 0.335 e. The highest BCUT2D eigenvalue weighted by molar-refractivity contribution is 6.30. The monoisotopic (exact) mass is 360 g/mol. The van der Waals surface area contributed by atoms with Gasteiger partial charge in [0.15, 0.2) is 0 Å². The van der Waals surface area contributed by atoms with Crippen LogP contribution in [0.3, 0.4) is 0 Å². The summed E-state index contributed by atoms with van der Waals surface area (Å²) >= 11 is 6.17. The van der Waals surface area contributed by atoms with Gasteiger partial charge in [-0.2, -0.15) is 0 Å². The van der Waals surface area contributed by atoms with Crippen LogP contribution in [0.25, 0.3) is 0 Å². The van der Waals surface area contributed by atoms with E-state index in [4.69, 9.17) is 21.4 Å². The molecule has 2 aromatic carbocycles. The highest BCUT2D eigenvalue weighted by Gasteiger charge is 2.15. The molecule has 1 saturated heterocycles. The first-order chi connectivity index (χ1) is 12.1. The van der Waals surface area contributed by atoms with Gasteiger partial charge in [-0.25, -0.2) is 4.79 Å². The molecule has 0 radical (unpaired) electrons. The van der Waals surface area contributed by atoms with Crippen molar-refractivity contribution in [2.24, 2.45) is 0 Å². The Morgan fingerprint density at radius 2 is 1.96 bits per heavy atom. The quantitative estimate of drug-likeness (QED) is 0.828. The standard InChI is InChI=1S/C19H21ClN2O3/c20-17-4-5-18(22-6-8-25-9-7-22)16(11-17)13-21-12-14-2-1-3-15(10-14)19(23)24/h1-5,10-11,21H,6-9,12-13H2,(H,23,24). The van der Waals surface area contributed by atoms with Gasteiger partial charge in [0.2, 0.25) is 0 Å². The molecule has 132 valence electrons. The van der Waals surface area contributed by atoms with Gasteiger partial charge in [0.25, 0.3) is 0 Å². The number of morpholine rings is 1. The molecule has 1 fully saturated rings. The molecule has 0 amide bonds. The smallest absolute Gasteiger partial charge is 0.335 e. The molecule has 6 heteroatoms. The average Bonchev–Trinajstić information content (AvgIpc) is 2.63. The molecule has 3 rings (SSSR count). The lowest BCUT2D eigenvalue weighted by Crippen LogP contribution is -2.37. The van der Waals surface area contributed by atoms with Crippen LogP contribution in [0.15, 0.2) is 42.5 Å². The van der Waals surface area contributed by atoms with E-state index in [1.807, 2.05) is 18.2 Å². The number of anilines is 1. The van der Waals surface area contributed by atoms with Crippen LogP contribution in [0.5, 0.6) is 0 Å². The van der Waals surface area contributed by atoms with Gasteiger partial charge >= 0.3 is 5.97 Å². The minimum Gasteiger partial charge on any atom is -0.478 e. The number of rotatable bonds is 6. The first-order valence-corrected chi connectivity index (χ1v) is 8.65. The first kappa shape index (κ1) is 17.7. The minimum absolute atomic E-state index is 0.302. The molecule has 0 saturated carbocycles. The summed E-state index contributed by atoms with van der Waals surface area (Å²) in [7, 11) is 0. The van der Waals surface area contributed by atoms with Crippen LogP contribution >= 0.6 is 11.6 Å². The molecule has 1 heterocycles. The Morgan fingerprint density at radius 3 is 2.72 bits per heavy atom. The number of ether oxygens (including phenoxy) is 1. The predicted molar refractivity (Wildman–Crippen MR) is 98.4 cm³/mol. The molecule has 5 nitrogen and oxygen atoms in total. The third-order valence-corrected chi connectivity index (χ3v) is 4.45. The fourth-order valence-corrected chi connectivity index (χ4v) is 3.16. The van der Waals surface area contributed by atoms with Crippen LogP contribution < -0.4 is 10.2 Å². The van der Waals surface area contributed by atoms with Crippen LogP contribution in [-0.4, -0.2) is 37.4 Å². The van der Waals surface area contributed by atoms with Crippen molar-refractivity contribution in [3.8, 4) is 0 Å². The lowest BCUT2D eigenvalue weighted by atomic mass is 10.1. The Bertz CT molecular complexity index is 745. The predicted octanol–water partition coefficient (Wildman–Crippen LogP) is 3.16. The van der Waals surface area contributed by atoms with Gasteiger partial charge in [-0.15, -0.1) is 0 Å². The maximum absolute atomic E-state index is 11.1. The van der Waals surface area contributed by atoms with E-state index in [1.165, 1.54) is 5.69 Å². The number of aromatic carboxylic acids is 1. The van der Waals surface area contributed by atoms with Gasteiger partial charge in [0, 0.05) is 36.9 Å². The van der Waals surface area contributed by atoms with Gasteiger partial charge in [-0.05, 0) is 41.5 Å². The Hall–Kier alpha value is -2.08. The second kappa shape index (κ2) is 8.34. The molecule has 0 aliphatic carbocycles. The largest absolute Gasteiger partial charge is 0.478 e. The Kier molecular flexibility index (Phi) is 5.91. The molecule has 2 N–H and O–H groups in total. The SMILES string of the molecule is O=C(O)c1cccc(CNCc2cc(Cl)ccc2N2CCOCC2)c1. The van der Waals surface area contributed by atoms with Gasteiger partial charge in [0.05, 0.1) is 18.8 Å². The average molecular weight is 361 g/mol.